The van der Waals surface area contributed by atoms with Gasteiger partial charge < -0.3 is 49.9 Å². The molecule has 1 aliphatic rings. The van der Waals surface area contributed by atoms with Crippen LogP contribution in [0.2, 0.25) is 0 Å². The predicted octanol–water partition coefficient (Wildman–Crippen LogP) is 8.09. The number of alkyl halides is 3. The van der Waals surface area contributed by atoms with Gasteiger partial charge in [0.1, 0.15) is 12.3 Å². The molecule has 18 heteroatoms. The number of carboxylic acid groups (broad SMARTS) is 1. The molecule has 7 rings (SSSR count). The van der Waals surface area contributed by atoms with Gasteiger partial charge in [0, 0.05) is 47.3 Å². The van der Waals surface area contributed by atoms with Gasteiger partial charge in [-0.3, -0.25) is 19.3 Å². The fourth-order valence-corrected chi connectivity index (χ4v) is 8.89. The van der Waals surface area contributed by atoms with Crippen LogP contribution >= 0.6 is 15.9 Å². The first-order chi connectivity index (χ1) is 34.3. The molecule has 6 aromatic rings. The third kappa shape index (κ3) is 15.7. The zero-order valence-corrected chi connectivity index (χ0v) is 41.2. The van der Waals surface area contributed by atoms with E-state index in [1.54, 1.807) is 42.5 Å². The lowest BCUT2D eigenvalue weighted by Gasteiger charge is -2.41. The second-order valence-electron chi connectivity index (χ2n) is 16.6. The zero-order chi connectivity index (χ0) is 50.8. The number of benzene rings is 5. The van der Waals surface area contributed by atoms with E-state index < -0.39 is 12.7 Å². The number of aryl methyl sites for hydroxylation is 1. The fraction of sp³-hybridized carbons (Fsp3) is 0.340. The molecule has 376 valence electrons. The first-order valence-corrected chi connectivity index (χ1v) is 23.8. The van der Waals surface area contributed by atoms with Crippen LogP contribution in [0.4, 0.5) is 24.5 Å². The van der Waals surface area contributed by atoms with Crippen molar-refractivity contribution in [2.24, 2.45) is 0 Å². The molecular formula is C53H58BrF3N6O8. The van der Waals surface area contributed by atoms with Crippen LogP contribution in [0.15, 0.2) is 108 Å². The standard InChI is InChI=1S/C52H56BrF3N6O6.CH2O2/c1-36-12-13-38(44(53)29-36)18-21-61-48(40-15-14-37-7-3-4-8-39(37)30-40)33-60(34-50(61)63)22-24-67-26-28-68-27-25-66-23-20-59-51(64)41-16-17-46(49(31-41)65-2)58-19-6-9-42-32-43-45(57)10-5-11-47(43)62(42)35-52(54,55)56;2-1-3/h3-5,7-8,10-17,29-32,48,58H,18-28,33-35,57H2,1-2H3,(H,59,64);1H,(H,2,3). The van der Waals surface area contributed by atoms with Gasteiger partial charge in [-0.05, 0) is 95.3 Å². The average molecular weight is 1040 g/mol. The first kappa shape index (κ1) is 53.7. The number of nitrogens with zero attached hydrogens (tertiary/aromatic N) is 3. The van der Waals surface area contributed by atoms with Gasteiger partial charge in [-0.25, -0.2) is 0 Å². The lowest BCUT2D eigenvalue weighted by Crippen LogP contribution is -2.53. The number of ether oxygens (including phenoxy) is 4. The van der Waals surface area contributed by atoms with Crippen molar-refractivity contribution in [3.8, 4) is 17.6 Å². The summed E-state index contributed by atoms with van der Waals surface area (Å²) < 4.78 is 65.0. The van der Waals surface area contributed by atoms with Crippen LogP contribution in [0.25, 0.3) is 21.7 Å². The van der Waals surface area contributed by atoms with E-state index in [1.165, 1.54) is 23.6 Å². The van der Waals surface area contributed by atoms with E-state index in [1.807, 2.05) is 17.0 Å². The second kappa shape index (κ2) is 26.6. The van der Waals surface area contributed by atoms with E-state index >= 15 is 0 Å². The maximum absolute atomic E-state index is 13.7. The molecule has 5 N–H and O–H groups in total. The Hall–Kier alpha value is -6.62. The van der Waals surface area contributed by atoms with E-state index in [-0.39, 0.29) is 49.7 Å². The molecule has 0 radical (unpaired) electrons. The number of nitrogens with two attached hydrogens (primary N) is 1. The van der Waals surface area contributed by atoms with Crippen LogP contribution in [-0.4, -0.2) is 130 Å². The Kier molecular flexibility index (Phi) is 20.1. The molecule has 5 aromatic carbocycles. The molecule has 0 bridgehead atoms. The van der Waals surface area contributed by atoms with Crippen LogP contribution in [-0.2, 0) is 36.8 Å². The van der Waals surface area contributed by atoms with Crippen molar-refractivity contribution in [1.82, 2.24) is 19.7 Å². The molecule has 2 amide bonds. The van der Waals surface area contributed by atoms with Crippen LogP contribution in [0.5, 0.6) is 5.75 Å². The molecule has 0 saturated carbocycles. The van der Waals surface area contributed by atoms with Crippen molar-refractivity contribution in [2.75, 3.05) is 97.1 Å². The van der Waals surface area contributed by atoms with E-state index in [9.17, 15) is 22.8 Å². The maximum atomic E-state index is 13.7. The summed E-state index contributed by atoms with van der Waals surface area (Å²) in [5.41, 5.74) is 11.3. The number of methoxy groups -OCH3 is 1. The lowest BCUT2D eigenvalue weighted by atomic mass is 9.97. The van der Waals surface area contributed by atoms with Crippen LogP contribution in [0.1, 0.15) is 38.8 Å². The molecule has 1 saturated heterocycles. The molecule has 14 nitrogen and oxygen atoms in total. The van der Waals surface area contributed by atoms with E-state index in [2.05, 4.69) is 98.8 Å². The van der Waals surface area contributed by atoms with Gasteiger partial charge in [-0.1, -0.05) is 76.4 Å². The Morgan fingerprint density at radius 1 is 0.901 bits per heavy atom. The molecule has 0 spiro atoms. The molecule has 1 atom stereocenters. The maximum Gasteiger partial charge on any atom is 0.406 e. The molecule has 71 heavy (non-hydrogen) atoms. The van der Waals surface area contributed by atoms with Crippen molar-refractivity contribution in [3.63, 3.8) is 0 Å². The largest absolute Gasteiger partial charge is 0.495 e. The first-order valence-electron chi connectivity index (χ1n) is 23.0. The minimum atomic E-state index is -4.44. The number of piperazine rings is 1. The average Bonchev–Trinajstić information content (AvgIpc) is 3.69. The number of nitrogen functional groups attached to an aromatic ring is 1. The minimum Gasteiger partial charge on any atom is -0.495 e. The topological polar surface area (TPSA) is 170 Å². The number of nitrogens with one attached hydrogen (secondary N) is 2. The Morgan fingerprint density at radius 2 is 1.63 bits per heavy atom. The Bertz CT molecular complexity index is 2810. The highest BCUT2D eigenvalue weighted by atomic mass is 79.9. The minimum absolute atomic E-state index is 0.0873. The smallest absolute Gasteiger partial charge is 0.406 e. The van der Waals surface area contributed by atoms with Crippen LogP contribution in [0.3, 0.4) is 0 Å². The Balaban J connectivity index is 0.00000268. The third-order valence-electron chi connectivity index (χ3n) is 11.7. The number of amides is 2. The van der Waals surface area contributed by atoms with Crippen molar-refractivity contribution in [1.29, 1.82) is 0 Å². The number of anilines is 2. The summed E-state index contributed by atoms with van der Waals surface area (Å²) in [6.45, 7) is 5.54. The molecule has 1 aromatic heterocycles. The fourth-order valence-electron chi connectivity index (χ4n) is 8.20. The van der Waals surface area contributed by atoms with Crippen molar-refractivity contribution in [2.45, 2.75) is 32.1 Å². The molecule has 0 aliphatic carbocycles. The quantitative estimate of drug-likeness (QED) is 0.0238. The molecule has 2 heterocycles. The number of fused-ring (bicyclic) bond motifs is 2. The number of carbonyl (C=O) groups excluding carboxylic acids is 2. The van der Waals surface area contributed by atoms with Gasteiger partial charge in [0.15, 0.2) is 0 Å². The summed E-state index contributed by atoms with van der Waals surface area (Å²) in [7, 11) is 1.47. The summed E-state index contributed by atoms with van der Waals surface area (Å²) >= 11 is 3.71. The zero-order valence-electron chi connectivity index (χ0n) is 39.6. The van der Waals surface area contributed by atoms with Gasteiger partial charge in [0.25, 0.3) is 12.4 Å². The van der Waals surface area contributed by atoms with Crippen molar-refractivity contribution >= 4 is 67.3 Å². The molecule has 1 aliphatic heterocycles. The Labute approximate surface area is 419 Å². The van der Waals surface area contributed by atoms with Crippen LogP contribution in [0, 0.1) is 18.8 Å². The van der Waals surface area contributed by atoms with Gasteiger partial charge in [0.2, 0.25) is 5.91 Å². The van der Waals surface area contributed by atoms with E-state index in [4.69, 9.17) is 34.6 Å². The highest BCUT2D eigenvalue weighted by Gasteiger charge is 2.34. The second-order valence-corrected chi connectivity index (χ2v) is 17.4. The van der Waals surface area contributed by atoms with Crippen molar-refractivity contribution in [3.05, 3.63) is 136 Å². The van der Waals surface area contributed by atoms with E-state index in [0.29, 0.717) is 92.8 Å². The van der Waals surface area contributed by atoms with Gasteiger partial charge in [0.05, 0.1) is 82.8 Å². The summed E-state index contributed by atoms with van der Waals surface area (Å²) in [5.74, 6) is 5.89. The predicted molar refractivity (Wildman–Crippen MR) is 272 cm³/mol. The normalized spacial score (nSPS) is 13.9. The SMILES string of the molecule is COc1cc(C(=O)NCCOCCOCCOCCN2CC(=O)N(CCc3ccc(C)cc3Br)C(c3ccc4ccccc4c3)C2)ccc1NCC#Cc1cc2c(N)cccc2n1CC(F)(F)F.O=CO. The number of halogens is 4. The molecule has 1 unspecified atom stereocenters. The van der Waals surface area contributed by atoms with Gasteiger partial charge >= 0.3 is 6.18 Å². The highest BCUT2D eigenvalue weighted by Crippen LogP contribution is 2.31. The number of hydrogen-bond donors (Lipinski definition) is 4. The third-order valence-corrected chi connectivity index (χ3v) is 12.4. The molecular weight excluding hydrogens is 986 g/mol. The Morgan fingerprint density at radius 3 is 2.37 bits per heavy atom. The number of aromatic nitrogens is 1. The lowest BCUT2D eigenvalue weighted by molar-refractivity contribution is -0.141. The summed E-state index contributed by atoms with van der Waals surface area (Å²) in [6, 6.07) is 32.3. The summed E-state index contributed by atoms with van der Waals surface area (Å²) in [6.07, 6.45) is -3.68. The summed E-state index contributed by atoms with van der Waals surface area (Å²) in [5, 5.41) is 15.6. The van der Waals surface area contributed by atoms with Crippen LogP contribution < -0.4 is 21.1 Å². The highest BCUT2D eigenvalue weighted by molar-refractivity contribution is 9.10. The summed E-state index contributed by atoms with van der Waals surface area (Å²) in [4.78, 5) is 39.1. The van der Waals surface area contributed by atoms with Gasteiger partial charge in [-0.15, -0.1) is 0 Å². The van der Waals surface area contributed by atoms with Crippen molar-refractivity contribution < 1.29 is 51.6 Å². The van der Waals surface area contributed by atoms with E-state index in [0.717, 1.165) is 26.4 Å². The number of rotatable bonds is 21. The number of hydrogen-bond acceptors (Lipinski definition) is 10. The number of carbonyl (C=O) groups is 3. The van der Waals surface area contributed by atoms with Gasteiger partial charge in [-0.2, -0.15) is 13.2 Å². The molecule has 1 fully saturated rings. The monoisotopic (exact) mass is 1040 g/mol.